The Labute approximate surface area is 158 Å². The van der Waals surface area contributed by atoms with Crippen LogP contribution in [0.3, 0.4) is 0 Å². The molecule has 1 saturated carbocycles. The monoisotopic (exact) mass is 374 g/mol. The number of carbonyl (C=O) groups excluding carboxylic acids is 2. The van der Waals surface area contributed by atoms with E-state index in [2.05, 4.69) is 10.2 Å². The molecule has 2 atom stereocenters. The van der Waals surface area contributed by atoms with E-state index >= 15 is 0 Å². The minimum Gasteiger partial charge on any atom is -0.469 e. The third-order valence-corrected chi connectivity index (χ3v) is 5.70. The summed E-state index contributed by atoms with van der Waals surface area (Å²) < 4.78 is 15.5. The fraction of sp³-hybridized carbons (Fsp3) is 0.600. The number of benzene rings is 1. The summed E-state index contributed by atoms with van der Waals surface area (Å²) in [6.07, 6.45) is 4.90. The number of rotatable bonds is 7. The first-order valence-corrected chi connectivity index (χ1v) is 9.64. The molecule has 1 aromatic carbocycles. The molecule has 1 amide bonds. The first-order chi connectivity index (χ1) is 13.1. The van der Waals surface area contributed by atoms with Crippen LogP contribution in [0.5, 0.6) is 11.5 Å². The smallest absolute Gasteiger partial charge is 0.307 e. The zero-order valence-corrected chi connectivity index (χ0v) is 15.6. The van der Waals surface area contributed by atoms with Crippen molar-refractivity contribution in [2.75, 3.05) is 27.0 Å². The van der Waals surface area contributed by atoms with Crippen molar-refractivity contribution in [1.29, 1.82) is 0 Å². The molecule has 0 aromatic heterocycles. The van der Waals surface area contributed by atoms with Gasteiger partial charge in [-0.2, -0.15) is 0 Å². The second kappa shape index (κ2) is 7.76. The number of amides is 1. The number of fused-ring (bicyclic) bond motifs is 1. The van der Waals surface area contributed by atoms with Crippen LogP contribution in [0, 0.1) is 5.92 Å². The van der Waals surface area contributed by atoms with Gasteiger partial charge in [0.15, 0.2) is 11.5 Å². The van der Waals surface area contributed by atoms with Crippen molar-refractivity contribution in [3.8, 4) is 11.5 Å². The summed E-state index contributed by atoms with van der Waals surface area (Å²) in [5.74, 6) is 1.73. The highest BCUT2D eigenvalue weighted by molar-refractivity contribution is 5.94. The Bertz CT molecular complexity index is 718. The topological polar surface area (TPSA) is 77.1 Å². The second-order valence-corrected chi connectivity index (χ2v) is 7.58. The van der Waals surface area contributed by atoms with Crippen molar-refractivity contribution >= 4 is 11.9 Å². The fourth-order valence-corrected chi connectivity index (χ4v) is 3.98. The highest BCUT2D eigenvalue weighted by atomic mass is 16.7. The van der Waals surface area contributed by atoms with E-state index in [1.54, 1.807) is 18.2 Å². The highest BCUT2D eigenvalue weighted by Crippen LogP contribution is 2.35. The van der Waals surface area contributed by atoms with Gasteiger partial charge in [0.25, 0.3) is 5.91 Å². The lowest BCUT2D eigenvalue weighted by Crippen LogP contribution is -2.44. The van der Waals surface area contributed by atoms with E-state index in [-0.39, 0.29) is 30.8 Å². The van der Waals surface area contributed by atoms with E-state index in [0.717, 1.165) is 25.3 Å². The Hall–Kier alpha value is -2.28. The van der Waals surface area contributed by atoms with Crippen LogP contribution < -0.4 is 14.8 Å². The molecule has 27 heavy (non-hydrogen) atoms. The molecule has 2 heterocycles. The van der Waals surface area contributed by atoms with E-state index in [0.29, 0.717) is 30.0 Å². The van der Waals surface area contributed by atoms with Gasteiger partial charge in [-0.1, -0.05) is 0 Å². The molecule has 0 bridgehead atoms. The van der Waals surface area contributed by atoms with Gasteiger partial charge in [-0.25, -0.2) is 0 Å². The van der Waals surface area contributed by atoms with Crippen molar-refractivity contribution in [3.05, 3.63) is 23.8 Å². The quantitative estimate of drug-likeness (QED) is 0.735. The van der Waals surface area contributed by atoms with Crippen LogP contribution in [0.15, 0.2) is 18.2 Å². The molecule has 2 fully saturated rings. The zero-order valence-electron chi connectivity index (χ0n) is 15.6. The molecular weight excluding hydrogens is 348 g/mol. The molecule has 7 heteroatoms. The molecule has 1 aromatic rings. The Balaban J connectivity index is 1.36. The van der Waals surface area contributed by atoms with Gasteiger partial charge in [-0.3, -0.25) is 14.5 Å². The molecule has 4 rings (SSSR count). The molecule has 3 aliphatic rings. The first kappa shape index (κ1) is 18.1. The van der Waals surface area contributed by atoms with Gasteiger partial charge in [-0.15, -0.1) is 0 Å². The molecule has 1 N–H and O–H groups in total. The molecule has 7 nitrogen and oxygen atoms in total. The Morgan fingerprint density at radius 3 is 2.70 bits per heavy atom. The molecule has 0 unspecified atom stereocenters. The van der Waals surface area contributed by atoms with Crippen molar-refractivity contribution in [2.45, 2.75) is 44.2 Å². The molecule has 0 radical (unpaired) electrons. The molecule has 2 aliphatic heterocycles. The maximum absolute atomic E-state index is 12.5. The van der Waals surface area contributed by atoms with Gasteiger partial charge in [0.1, 0.15) is 0 Å². The number of hydrogen-bond donors (Lipinski definition) is 1. The summed E-state index contributed by atoms with van der Waals surface area (Å²) >= 11 is 0. The minimum absolute atomic E-state index is 0.115. The van der Waals surface area contributed by atoms with Gasteiger partial charge in [-0.05, 0) is 49.8 Å². The summed E-state index contributed by atoms with van der Waals surface area (Å²) in [6.45, 7) is 1.78. The number of nitrogens with zero attached hydrogens (tertiary/aromatic N) is 1. The number of ether oxygens (including phenoxy) is 3. The molecule has 0 spiro atoms. The van der Waals surface area contributed by atoms with Crippen LogP contribution in [0.25, 0.3) is 0 Å². The number of nitrogens with one attached hydrogen (secondary N) is 1. The molecular formula is C20H26N2O5. The summed E-state index contributed by atoms with van der Waals surface area (Å²) in [5, 5.41) is 3.05. The van der Waals surface area contributed by atoms with Crippen LogP contribution in [-0.4, -0.2) is 55.9 Å². The van der Waals surface area contributed by atoms with Crippen LogP contribution in [0.4, 0.5) is 0 Å². The highest BCUT2D eigenvalue weighted by Gasteiger charge is 2.38. The molecule has 1 saturated heterocycles. The van der Waals surface area contributed by atoms with Gasteiger partial charge in [0.2, 0.25) is 6.79 Å². The van der Waals surface area contributed by atoms with Gasteiger partial charge >= 0.3 is 5.97 Å². The third-order valence-electron chi connectivity index (χ3n) is 5.70. The number of methoxy groups -OCH3 is 1. The van der Waals surface area contributed by atoms with Crippen LogP contribution in [-0.2, 0) is 9.53 Å². The lowest BCUT2D eigenvalue weighted by molar-refractivity contribution is -0.141. The third kappa shape index (κ3) is 4.18. The van der Waals surface area contributed by atoms with Gasteiger partial charge in [0, 0.05) is 30.7 Å². The average molecular weight is 374 g/mol. The Morgan fingerprint density at radius 2 is 1.93 bits per heavy atom. The van der Waals surface area contributed by atoms with Crippen LogP contribution >= 0.6 is 0 Å². The van der Waals surface area contributed by atoms with Crippen molar-refractivity contribution in [1.82, 2.24) is 10.2 Å². The average Bonchev–Trinajstić information content (AvgIpc) is 3.24. The van der Waals surface area contributed by atoms with E-state index in [1.165, 1.54) is 20.0 Å². The van der Waals surface area contributed by atoms with E-state index in [9.17, 15) is 9.59 Å². The van der Waals surface area contributed by atoms with E-state index in [4.69, 9.17) is 14.2 Å². The summed E-state index contributed by atoms with van der Waals surface area (Å²) in [6, 6.07) is 5.70. The molecule has 146 valence electrons. The number of carbonyl (C=O) groups is 2. The standard InChI is InChI=1S/C20H26N2O5/c1-25-19(23)9-15-5-6-16(22(15)11-13-2-3-13)10-21-20(24)14-4-7-17-18(8-14)27-12-26-17/h4,7-8,13,15-16H,2-3,5-6,9-12H2,1H3,(H,21,24)/t15-,16+/m1/s1. The summed E-state index contributed by atoms with van der Waals surface area (Å²) in [7, 11) is 1.44. The summed E-state index contributed by atoms with van der Waals surface area (Å²) in [4.78, 5) is 26.7. The van der Waals surface area contributed by atoms with Gasteiger partial charge < -0.3 is 19.5 Å². The Kier molecular flexibility index (Phi) is 5.20. The Morgan fingerprint density at radius 1 is 1.15 bits per heavy atom. The predicted octanol–water partition coefficient (Wildman–Crippen LogP) is 1.95. The lowest BCUT2D eigenvalue weighted by Gasteiger charge is -2.30. The van der Waals surface area contributed by atoms with Crippen LogP contribution in [0.2, 0.25) is 0 Å². The lowest BCUT2D eigenvalue weighted by atomic mass is 10.1. The van der Waals surface area contributed by atoms with Crippen molar-refractivity contribution in [2.24, 2.45) is 5.92 Å². The second-order valence-electron chi connectivity index (χ2n) is 7.58. The normalized spacial score (nSPS) is 24.0. The predicted molar refractivity (Wildman–Crippen MR) is 97.8 cm³/mol. The fourth-order valence-electron chi connectivity index (χ4n) is 3.98. The van der Waals surface area contributed by atoms with Crippen LogP contribution in [0.1, 0.15) is 42.5 Å². The first-order valence-electron chi connectivity index (χ1n) is 9.64. The number of esters is 1. The van der Waals surface area contributed by atoms with Crippen molar-refractivity contribution in [3.63, 3.8) is 0 Å². The SMILES string of the molecule is COC(=O)C[C@H]1CC[C@@H](CNC(=O)c2ccc3c(c2)OCO3)N1CC1CC1. The summed E-state index contributed by atoms with van der Waals surface area (Å²) in [5.41, 5.74) is 0.567. The minimum atomic E-state index is -0.161. The van der Waals surface area contributed by atoms with Gasteiger partial charge in [0.05, 0.1) is 13.5 Å². The molecule has 1 aliphatic carbocycles. The maximum atomic E-state index is 12.5. The largest absolute Gasteiger partial charge is 0.469 e. The van der Waals surface area contributed by atoms with E-state index < -0.39 is 0 Å². The number of likely N-dealkylation sites (tertiary alicyclic amines) is 1. The van der Waals surface area contributed by atoms with E-state index in [1.807, 2.05) is 0 Å². The van der Waals surface area contributed by atoms with Crippen molar-refractivity contribution < 1.29 is 23.8 Å². The maximum Gasteiger partial charge on any atom is 0.307 e. The number of hydrogen-bond acceptors (Lipinski definition) is 6. The zero-order chi connectivity index (χ0) is 18.8.